The first-order valence-corrected chi connectivity index (χ1v) is 10.9. The molecule has 3 heterocycles. The highest BCUT2D eigenvalue weighted by molar-refractivity contribution is 5.88. The Balaban J connectivity index is 1.18. The SMILES string of the molecule is NCCC1CN(C(=O)Nc2ccn(-c3ccc(CN4C[C@@H]5[C@@H](N)[C@@H]5C4)cc3)c(=O)n2)C1. The van der Waals surface area contributed by atoms with E-state index in [9.17, 15) is 9.59 Å². The number of nitrogens with two attached hydrogens (primary N) is 2. The maximum absolute atomic E-state index is 12.5. The fraction of sp³-hybridized carbons (Fsp3) is 0.500. The number of carbonyl (C=O) groups excluding carboxylic acids is 1. The molecular formula is C22H29N7O2. The summed E-state index contributed by atoms with van der Waals surface area (Å²) in [4.78, 5) is 32.9. The quantitative estimate of drug-likeness (QED) is 0.619. The van der Waals surface area contributed by atoms with Gasteiger partial charge in [-0.3, -0.25) is 14.8 Å². The molecular weight excluding hydrogens is 394 g/mol. The average molecular weight is 424 g/mol. The van der Waals surface area contributed by atoms with Gasteiger partial charge in [0.2, 0.25) is 0 Å². The zero-order valence-corrected chi connectivity index (χ0v) is 17.5. The van der Waals surface area contributed by atoms with Gasteiger partial charge in [-0.15, -0.1) is 0 Å². The Kier molecular flexibility index (Phi) is 5.25. The Hall–Kier alpha value is -2.75. The summed E-state index contributed by atoms with van der Waals surface area (Å²) in [5, 5.41) is 2.70. The lowest BCUT2D eigenvalue weighted by atomic mass is 9.97. The molecule has 0 spiro atoms. The third kappa shape index (κ3) is 4.08. The molecule has 3 atom stereocenters. The van der Waals surface area contributed by atoms with E-state index in [2.05, 4.69) is 15.2 Å². The predicted octanol–water partition coefficient (Wildman–Crippen LogP) is 0.434. The van der Waals surface area contributed by atoms with Crippen LogP contribution in [0.15, 0.2) is 41.3 Å². The van der Waals surface area contributed by atoms with Gasteiger partial charge in [-0.2, -0.15) is 4.98 Å². The normalized spacial score (nSPS) is 25.2. The fourth-order valence-electron chi connectivity index (χ4n) is 4.82. The van der Waals surface area contributed by atoms with Crippen molar-refractivity contribution in [3.8, 4) is 5.69 Å². The van der Waals surface area contributed by atoms with Crippen molar-refractivity contribution < 1.29 is 4.79 Å². The number of nitrogens with one attached hydrogen (secondary N) is 1. The molecule has 0 radical (unpaired) electrons. The highest BCUT2D eigenvalue weighted by Crippen LogP contribution is 2.44. The van der Waals surface area contributed by atoms with Crippen molar-refractivity contribution in [1.29, 1.82) is 0 Å². The van der Waals surface area contributed by atoms with Crippen molar-refractivity contribution in [2.75, 3.05) is 38.0 Å². The van der Waals surface area contributed by atoms with E-state index in [1.54, 1.807) is 17.2 Å². The first-order valence-electron chi connectivity index (χ1n) is 10.9. The Bertz CT molecular complexity index is 1000. The highest BCUT2D eigenvalue weighted by Gasteiger charge is 2.53. The van der Waals surface area contributed by atoms with Crippen molar-refractivity contribution in [2.45, 2.75) is 19.0 Å². The maximum atomic E-state index is 12.5. The lowest BCUT2D eigenvalue weighted by Gasteiger charge is -2.38. The van der Waals surface area contributed by atoms with Crippen LogP contribution in [0.2, 0.25) is 0 Å². The average Bonchev–Trinajstić information content (AvgIpc) is 3.11. The van der Waals surface area contributed by atoms with E-state index >= 15 is 0 Å². The Morgan fingerprint density at radius 3 is 2.45 bits per heavy atom. The van der Waals surface area contributed by atoms with Gasteiger partial charge >= 0.3 is 11.7 Å². The number of likely N-dealkylation sites (tertiary alicyclic amines) is 2. The summed E-state index contributed by atoms with van der Waals surface area (Å²) in [6, 6.07) is 9.76. The smallest absolute Gasteiger partial charge is 0.330 e. The number of hydrogen-bond acceptors (Lipinski definition) is 6. The van der Waals surface area contributed by atoms with Gasteiger partial charge in [0.15, 0.2) is 0 Å². The number of aromatic nitrogens is 2. The molecule has 0 unspecified atom stereocenters. The van der Waals surface area contributed by atoms with Gasteiger partial charge < -0.3 is 16.4 Å². The van der Waals surface area contributed by atoms with Gasteiger partial charge in [-0.1, -0.05) is 12.1 Å². The van der Waals surface area contributed by atoms with Gasteiger partial charge in [0.1, 0.15) is 5.82 Å². The molecule has 3 fully saturated rings. The zero-order chi connectivity index (χ0) is 21.5. The van der Waals surface area contributed by atoms with Gasteiger partial charge in [-0.05, 0) is 54.5 Å². The number of anilines is 1. The minimum atomic E-state index is -0.427. The first kappa shape index (κ1) is 20.2. The number of piperidine rings is 1. The molecule has 1 aromatic heterocycles. The standard InChI is InChI=1S/C22H29N7O2/c23-7-5-15-10-28(11-15)21(30)25-19-6-8-29(22(31)26-19)16-3-1-14(2-4-16)9-27-12-17-18(13-27)20(17)24/h1-4,6,8,15,17-18,20H,5,7,9-13,23-24H2,(H,25,26,30,31)/t17-,18+,20+. The third-order valence-electron chi connectivity index (χ3n) is 6.81. The fourth-order valence-corrected chi connectivity index (χ4v) is 4.82. The van der Waals surface area contributed by atoms with Crippen LogP contribution >= 0.6 is 0 Å². The summed E-state index contributed by atoms with van der Waals surface area (Å²) in [5.74, 6) is 2.08. The van der Waals surface area contributed by atoms with Crippen LogP contribution in [-0.4, -0.2) is 64.1 Å². The molecule has 164 valence electrons. The Morgan fingerprint density at radius 2 is 1.81 bits per heavy atom. The molecule has 1 saturated carbocycles. The Morgan fingerprint density at radius 1 is 1.10 bits per heavy atom. The third-order valence-corrected chi connectivity index (χ3v) is 6.81. The number of urea groups is 1. The molecule has 9 nitrogen and oxygen atoms in total. The molecule has 3 aliphatic rings. The van der Waals surface area contributed by atoms with Crippen LogP contribution in [0.4, 0.5) is 10.6 Å². The number of hydrogen-bond donors (Lipinski definition) is 3. The molecule has 2 aromatic rings. The van der Waals surface area contributed by atoms with Crippen LogP contribution in [-0.2, 0) is 6.54 Å². The maximum Gasteiger partial charge on any atom is 0.354 e. The molecule has 2 amide bonds. The topological polar surface area (TPSA) is 123 Å². The van der Waals surface area contributed by atoms with E-state index < -0.39 is 5.69 Å². The molecule has 1 aliphatic carbocycles. The first-order chi connectivity index (χ1) is 15.0. The van der Waals surface area contributed by atoms with E-state index in [-0.39, 0.29) is 11.8 Å². The Labute approximate surface area is 181 Å². The summed E-state index contributed by atoms with van der Waals surface area (Å²) >= 11 is 0. The second-order valence-corrected chi connectivity index (χ2v) is 9.01. The van der Waals surface area contributed by atoms with Crippen molar-refractivity contribution in [1.82, 2.24) is 19.4 Å². The second-order valence-electron chi connectivity index (χ2n) is 9.01. The number of fused-ring (bicyclic) bond motifs is 1. The van der Waals surface area contributed by atoms with Gasteiger partial charge in [-0.25, -0.2) is 9.59 Å². The van der Waals surface area contributed by atoms with Crippen molar-refractivity contribution in [2.24, 2.45) is 29.2 Å². The summed E-state index contributed by atoms with van der Waals surface area (Å²) in [6.07, 6.45) is 2.56. The number of rotatable bonds is 6. The largest absolute Gasteiger partial charge is 0.354 e. The molecule has 9 heteroatoms. The summed E-state index contributed by atoms with van der Waals surface area (Å²) in [5.41, 5.74) is 13.1. The van der Waals surface area contributed by atoms with E-state index in [1.807, 2.05) is 24.3 Å². The van der Waals surface area contributed by atoms with Crippen LogP contribution in [0.5, 0.6) is 0 Å². The number of amides is 2. The summed E-state index contributed by atoms with van der Waals surface area (Å²) in [6.45, 7) is 5.08. The van der Waals surface area contributed by atoms with Crippen molar-refractivity contribution in [3.63, 3.8) is 0 Å². The molecule has 5 rings (SSSR count). The number of carbonyl (C=O) groups is 1. The minimum Gasteiger partial charge on any atom is -0.330 e. The molecule has 2 aliphatic heterocycles. The lowest BCUT2D eigenvalue weighted by molar-refractivity contribution is 0.127. The van der Waals surface area contributed by atoms with Crippen molar-refractivity contribution >= 4 is 11.8 Å². The van der Waals surface area contributed by atoms with Gasteiger partial charge in [0.05, 0.1) is 5.69 Å². The zero-order valence-electron chi connectivity index (χ0n) is 17.5. The lowest BCUT2D eigenvalue weighted by Crippen LogP contribution is -2.52. The van der Waals surface area contributed by atoms with Crippen LogP contribution in [0.3, 0.4) is 0 Å². The molecule has 31 heavy (non-hydrogen) atoms. The number of benzene rings is 1. The highest BCUT2D eigenvalue weighted by atomic mass is 16.2. The second kappa shape index (κ2) is 8.07. The van der Waals surface area contributed by atoms with Crippen LogP contribution < -0.4 is 22.5 Å². The molecule has 5 N–H and O–H groups in total. The molecule has 0 bridgehead atoms. The summed E-state index contributed by atoms with van der Waals surface area (Å²) in [7, 11) is 0. The minimum absolute atomic E-state index is 0.234. The molecule has 1 aromatic carbocycles. The van der Waals surface area contributed by atoms with Crippen LogP contribution in [0, 0.1) is 17.8 Å². The monoisotopic (exact) mass is 423 g/mol. The van der Waals surface area contributed by atoms with Crippen molar-refractivity contribution in [3.05, 3.63) is 52.6 Å². The molecule has 2 saturated heterocycles. The van der Waals surface area contributed by atoms with Crippen LogP contribution in [0.25, 0.3) is 5.69 Å². The predicted molar refractivity (Wildman–Crippen MR) is 118 cm³/mol. The van der Waals surface area contributed by atoms with Gasteiger partial charge in [0.25, 0.3) is 0 Å². The van der Waals surface area contributed by atoms with Crippen LogP contribution in [0.1, 0.15) is 12.0 Å². The number of nitrogens with zero attached hydrogens (tertiary/aromatic N) is 4. The van der Waals surface area contributed by atoms with E-state index in [1.165, 1.54) is 10.1 Å². The van der Waals surface area contributed by atoms with E-state index in [0.29, 0.717) is 43.4 Å². The van der Waals surface area contributed by atoms with E-state index in [0.717, 1.165) is 31.7 Å². The summed E-state index contributed by atoms with van der Waals surface area (Å²) < 4.78 is 1.48. The van der Waals surface area contributed by atoms with Gasteiger partial charge in [0, 0.05) is 45.0 Å². The van der Waals surface area contributed by atoms with E-state index in [4.69, 9.17) is 11.5 Å².